The minimum Gasteiger partial charge on any atom is -0.463 e. The van der Waals surface area contributed by atoms with Gasteiger partial charge in [0.1, 0.15) is 0 Å². The van der Waals surface area contributed by atoms with E-state index in [1.165, 1.54) is 0 Å². The van der Waals surface area contributed by atoms with Crippen LogP contribution in [-0.4, -0.2) is 67.2 Å². The van der Waals surface area contributed by atoms with Crippen LogP contribution < -0.4 is 16.4 Å². The number of allylic oxidation sites excluding steroid dienone is 3. The quantitative estimate of drug-likeness (QED) is 0.119. The number of fused-ring (bicyclic) bond motifs is 2. The van der Waals surface area contributed by atoms with Gasteiger partial charge >= 0.3 is 5.97 Å². The van der Waals surface area contributed by atoms with Gasteiger partial charge in [-0.3, -0.25) is 9.59 Å². The number of epoxide rings is 1. The zero-order chi connectivity index (χ0) is 28.9. The predicted molar refractivity (Wildman–Crippen MR) is 152 cm³/mol. The molecular weight excluding hydrogens is 510 g/mol. The van der Waals surface area contributed by atoms with Crippen LogP contribution in [0.1, 0.15) is 73.1 Å². The summed E-state index contributed by atoms with van der Waals surface area (Å²) in [5.41, 5.74) is 4.98. The number of hydrogen-bond donors (Lipinski definition) is 4. The van der Waals surface area contributed by atoms with Crippen molar-refractivity contribution in [3.05, 3.63) is 70.1 Å². The van der Waals surface area contributed by atoms with Crippen LogP contribution in [0.3, 0.4) is 0 Å². The SMILES string of the molecule is CCCCC(CNC)COC(=O)C12OC1(CC(CO)=C(C)CCC1=CCNC(N)=C1)C(=O)c1ccccc1C2=O. The lowest BCUT2D eigenvalue weighted by Gasteiger charge is -2.26. The molecule has 216 valence electrons. The van der Waals surface area contributed by atoms with Crippen LogP contribution in [0.25, 0.3) is 0 Å². The van der Waals surface area contributed by atoms with E-state index in [-0.39, 0.29) is 36.7 Å². The van der Waals surface area contributed by atoms with Crippen molar-refractivity contribution >= 4 is 17.5 Å². The number of aliphatic hydroxyl groups excluding tert-OH is 1. The van der Waals surface area contributed by atoms with Gasteiger partial charge in [0.2, 0.25) is 5.78 Å². The lowest BCUT2D eigenvalue weighted by molar-refractivity contribution is -0.149. The Balaban J connectivity index is 1.61. The van der Waals surface area contributed by atoms with Crippen LogP contribution in [0, 0.1) is 5.92 Å². The second kappa shape index (κ2) is 12.5. The Morgan fingerprint density at radius 1 is 1.25 bits per heavy atom. The summed E-state index contributed by atoms with van der Waals surface area (Å²) in [5.74, 6) is -1.17. The lowest BCUT2D eigenvalue weighted by atomic mass is 9.71. The van der Waals surface area contributed by atoms with E-state index in [4.69, 9.17) is 15.2 Å². The Hall–Kier alpha value is -3.27. The molecule has 1 aliphatic carbocycles. The molecular formula is C31H41N3O6. The number of benzene rings is 1. The van der Waals surface area contributed by atoms with Gasteiger partial charge in [0.25, 0.3) is 5.60 Å². The molecule has 9 nitrogen and oxygen atoms in total. The molecule has 5 N–H and O–H groups in total. The molecule has 0 bridgehead atoms. The first-order valence-electron chi connectivity index (χ1n) is 14.1. The zero-order valence-electron chi connectivity index (χ0n) is 23.7. The van der Waals surface area contributed by atoms with Crippen molar-refractivity contribution in [2.45, 2.75) is 63.6 Å². The molecule has 3 aliphatic rings. The molecule has 0 spiro atoms. The highest BCUT2D eigenvalue weighted by atomic mass is 16.7. The maximum Gasteiger partial charge on any atom is 0.350 e. The first kappa shape index (κ1) is 29.7. The number of aliphatic hydroxyl groups is 1. The summed E-state index contributed by atoms with van der Waals surface area (Å²) in [4.78, 5) is 41.4. The summed E-state index contributed by atoms with van der Waals surface area (Å²) in [7, 11) is 1.84. The van der Waals surface area contributed by atoms with E-state index < -0.39 is 28.7 Å². The molecule has 1 fully saturated rings. The number of nitrogens with one attached hydrogen (secondary N) is 2. The second-order valence-electron chi connectivity index (χ2n) is 11.0. The summed E-state index contributed by atoms with van der Waals surface area (Å²) in [6, 6.07) is 6.46. The number of ketones is 2. The van der Waals surface area contributed by atoms with Crippen molar-refractivity contribution in [1.82, 2.24) is 10.6 Å². The van der Waals surface area contributed by atoms with Gasteiger partial charge < -0.3 is 30.9 Å². The van der Waals surface area contributed by atoms with Crippen molar-refractivity contribution in [2.75, 3.05) is 33.4 Å². The van der Waals surface area contributed by atoms with E-state index >= 15 is 0 Å². The van der Waals surface area contributed by atoms with E-state index in [1.807, 2.05) is 26.1 Å². The fourth-order valence-electron chi connectivity index (χ4n) is 5.75. The Labute approximate surface area is 235 Å². The fraction of sp³-hybridized carbons (Fsp3) is 0.516. The number of Topliss-reactive ketones (excluding diaryl/α,β-unsaturated/α-hetero) is 2. The second-order valence-corrected chi connectivity index (χ2v) is 11.0. The minimum absolute atomic E-state index is 0.0717. The van der Waals surface area contributed by atoms with E-state index in [1.54, 1.807) is 24.3 Å². The van der Waals surface area contributed by atoms with Gasteiger partial charge in [0.05, 0.1) is 19.0 Å². The smallest absolute Gasteiger partial charge is 0.350 e. The van der Waals surface area contributed by atoms with Crippen LogP contribution in [0.2, 0.25) is 0 Å². The van der Waals surface area contributed by atoms with Gasteiger partial charge in [-0.15, -0.1) is 0 Å². The molecule has 4 rings (SSSR count). The third-order valence-corrected chi connectivity index (χ3v) is 8.21. The monoisotopic (exact) mass is 551 g/mol. The van der Waals surface area contributed by atoms with Gasteiger partial charge in [-0.1, -0.05) is 55.7 Å². The Morgan fingerprint density at radius 3 is 2.62 bits per heavy atom. The molecule has 40 heavy (non-hydrogen) atoms. The third-order valence-electron chi connectivity index (χ3n) is 8.21. The average molecular weight is 552 g/mol. The molecule has 2 heterocycles. The van der Waals surface area contributed by atoms with E-state index in [0.717, 1.165) is 30.4 Å². The van der Waals surface area contributed by atoms with Crippen molar-refractivity contribution in [3.8, 4) is 0 Å². The van der Waals surface area contributed by atoms with Crippen molar-refractivity contribution in [1.29, 1.82) is 0 Å². The number of esters is 1. The highest BCUT2D eigenvalue weighted by molar-refractivity contribution is 6.32. The van der Waals surface area contributed by atoms with Crippen LogP contribution >= 0.6 is 0 Å². The van der Waals surface area contributed by atoms with Gasteiger partial charge in [-0.05, 0) is 50.5 Å². The first-order valence-corrected chi connectivity index (χ1v) is 14.1. The number of ether oxygens (including phenoxy) is 2. The normalized spacial score (nSPS) is 24.6. The molecule has 0 saturated carbocycles. The number of dihydropyridines is 1. The fourth-order valence-corrected chi connectivity index (χ4v) is 5.75. The summed E-state index contributed by atoms with van der Waals surface area (Å²) >= 11 is 0. The van der Waals surface area contributed by atoms with Crippen LogP contribution in [-0.2, 0) is 14.3 Å². The van der Waals surface area contributed by atoms with Gasteiger partial charge in [0.15, 0.2) is 11.4 Å². The first-order chi connectivity index (χ1) is 19.2. The lowest BCUT2D eigenvalue weighted by Crippen LogP contribution is -2.51. The molecule has 2 aliphatic heterocycles. The van der Waals surface area contributed by atoms with E-state index in [0.29, 0.717) is 37.3 Å². The summed E-state index contributed by atoms with van der Waals surface area (Å²) < 4.78 is 11.7. The maximum atomic E-state index is 13.9. The number of carbonyl (C=O) groups is 3. The highest BCUT2D eigenvalue weighted by Crippen LogP contribution is 2.59. The number of hydrogen-bond acceptors (Lipinski definition) is 9. The highest BCUT2D eigenvalue weighted by Gasteiger charge is 2.85. The Kier molecular flexibility index (Phi) is 9.28. The molecule has 0 aromatic heterocycles. The number of rotatable bonds is 14. The average Bonchev–Trinajstić information content (AvgIpc) is 3.66. The topological polar surface area (TPSA) is 143 Å². The summed E-state index contributed by atoms with van der Waals surface area (Å²) in [6.45, 7) is 5.08. The van der Waals surface area contributed by atoms with Crippen molar-refractivity contribution < 1.29 is 29.0 Å². The molecule has 0 radical (unpaired) electrons. The van der Waals surface area contributed by atoms with Gasteiger partial charge in [0, 0.05) is 36.6 Å². The van der Waals surface area contributed by atoms with E-state index in [2.05, 4.69) is 17.6 Å². The third kappa shape index (κ3) is 5.50. The summed E-state index contributed by atoms with van der Waals surface area (Å²) in [5, 5.41) is 16.5. The number of carbonyl (C=O) groups excluding carboxylic acids is 3. The van der Waals surface area contributed by atoms with E-state index in [9.17, 15) is 19.5 Å². The van der Waals surface area contributed by atoms with Crippen LogP contribution in [0.5, 0.6) is 0 Å². The molecule has 0 amide bonds. The van der Waals surface area contributed by atoms with Crippen molar-refractivity contribution in [2.24, 2.45) is 11.7 Å². The number of nitrogens with two attached hydrogens (primary N) is 1. The summed E-state index contributed by atoms with van der Waals surface area (Å²) in [6.07, 6.45) is 8.03. The standard InChI is InChI=1S/C31H41N3O6/c1-4-5-8-22(17-33-3)19-39-29(38)31-28(37)25-10-7-6-9-24(25)27(36)30(31,40-31)16-23(18-35)20(2)11-12-21-13-14-34-26(32)15-21/h6-7,9-10,13,15,22,33-35H,4-5,8,11-12,14,16-19,32H2,1-3H3. The Bertz CT molecular complexity index is 1250. The van der Waals surface area contributed by atoms with Crippen molar-refractivity contribution in [3.63, 3.8) is 0 Å². The zero-order valence-corrected chi connectivity index (χ0v) is 23.7. The molecule has 3 unspecified atom stereocenters. The predicted octanol–water partition coefficient (Wildman–Crippen LogP) is 2.95. The Morgan fingerprint density at radius 2 is 1.98 bits per heavy atom. The minimum atomic E-state index is -2.05. The van der Waals surface area contributed by atoms with Gasteiger partial charge in [-0.2, -0.15) is 0 Å². The van der Waals surface area contributed by atoms with Crippen LogP contribution in [0.4, 0.5) is 0 Å². The molecule has 1 aromatic rings. The molecule has 3 atom stereocenters. The molecule has 9 heteroatoms. The molecule has 1 aromatic carbocycles. The largest absolute Gasteiger partial charge is 0.463 e. The number of unbranched alkanes of at least 4 members (excludes halogenated alkanes) is 1. The van der Waals surface area contributed by atoms with Gasteiger partial charge in [-0.25, -0.2) is 4.79 Å². The molecule has 1 saturated heterocycles. The van der Waals surface area contributed by atoms with Crippen LogP contribution in [0.15, 0.2) is 59.0 Å². The maximum absolute atomic E-state index is 13.9.